The van der Waals surface area contributed by atoms with E-state index in [0.29, 0.717) is 12.4 Å². The van der Waals surface area contributed by atoms with Crippen molar-refractivity contribution in [1.29, 1.82) is 0 Å². The van der Waals surface area contributed by atoms with Crippen LogP contribution in [0.25, 0.3) is 0 Å². The number of anilines is 1. The Morgan fingerprint density at radius 2 is 2.42 bits per heavy atom. The Balaban J connectivity index is 2.37. The summed E-state index contributed by atoms with van der Waals surface area (Å²) in [7, 11) is 0. The van der Waals surface area contributed by atoms with E-state index in [1.54, 1.807) is 0 Å². The quantitative estimate of drug-likeness (QED) is 0.691. The van der Waals surface area contributed by atoms with Crippen molar-refractivity contribution in [1.82, 2.24) is 9.78 Å². The van der Waals surface area contributed by atoms with Gasteiger partial charge < -0.3 is 10.8 Å². The molecule has 1 aliphatic rings. The summed E-state index contributed by atoms with van der Waals surface area (Å²) in [5, 5.41) is 12.9. The topological polar surface area (TPSA) is 64.1 Å². The van der Waals surface area contributed by atoms with Crippen molar-refractivity contribution in [3.63, 3.8) is 0 Å². The molecule has 1 aromatic rings. The van der Waals surface area contributed by atoms with Crippen molar-refractivity contribution in [2.24, 2.45) is 0 Å². The van der Waals surface area contributed by atoms with Crippen molar-refractivity contribution in [2.45, 2.75) is 18.1 Å². The lowest BCUT2D eigenvalue weighted by Gasteiger charge is -2.00. The first-order valence-corrected chi connectivity index (χ1v) is 5.01. The number of rotatable bonds is 2. The molecule has 2 heterocycles. The van der Waals surface area contributed by atoms with Gasteiger partial charge in [0.2, 0.25) is 0 Å². The number of aliphatic hydroxyl groups is 1. The number of thioether (sulfide) groups is 1. The van der Waals surface area contributed by atoms with Crippen molar-refractivity contribution < 1.29 is 5.11 Å². The van der Waals surface area contributed by atoms with E-state index in [1.807, 2.05) is 16.4 Å². The molecule has 0 saturated carbocycles. The number of fused-ring (bicyclic) bond motifs is 1. The maximum Gasteiger partial charge on any atom is 0.149 e. The zero-order chi connectivity index (χ0) is 8.55. The fourth-order valence-electron chi connectivity index (χ4n) is 1.40. The Hall–Kier alpha value is -0.680. The number of hydrogen-bond donors (Lipinski definition) is 2. The molecule has 2 rings (SSSR count). The molecule has 5 heteroatoms. The predicted molar refractivity (Wildman–Crippen MR) is 48.7 cm³/mol. The first-order valence-electron chi connectivity index (χ1n) is 3.85. The summed E-state index contributed by atoms with van der Waals surface area (Å²) < 4.78 is 1.81. The van der Waals surface area contributed by atoms with E-state index < -0.39 is 0 Å². The van der Waals surface area contributed by atoms with Crippen molar-refractivity contribution in [3.05, 3.63) is 11.3 Å². The van der Waals surface area contributed by atoms with Crippen LogP contribution in [-0.2, 0) is 18.1 Å². The predicted octanol–water partition coefficient (Wildman–Crippen LogP) is 0.204. The second-order valence-corrected chi connectivity index (χ2v) is 3.74. The van der Waals surface area contributed by atoms with Gasteiger partial charge in [0.15, 0.2) is 0 Å². The molecule has 1 aliphatic heterocycles. The maximum absolute atomic E-state index is 8.75. The highest BCUT2D eigenvalue weighted by atomic mass is 32.2. The Bertz CT molecular complexity index is 297. The van der Waals surface area contributed by atoms with E-state index >= 15 is 0 Å². The van der Waals surface area contributed by atoms with Crippen LogP contribution in [0.1, 0.15) is 11.3 Å². The van der Waals surface area contributed by atoms with Gasteiger partial charge in [-0.3, -0.25) is 4.68 Å². The molecule has 0 bridgehead atoms. The van der Waals surface area contributed by atoms with Gasteiger partial charge in [0.1, 0.15) is 5.82 Å². The van der Waals surface area contributed by atoms with E-state index in [4.69, 9.17) is 10.8 Å². The molecule has 0 aliphatic carbocycles. The second kappa shape index (κ2) is 2.99. The summed E-state index contributed by atoms with van der Waals surface area (Å²) >= 11 is 1.84. The fourth-order valence-corrected chi connectivity index (χ4v) is 2.54. The lowest BCUT2D eigenvalue weighted by Crippen LogP contribution is -2.07. The molecule has 4 nitrogen and oxygen atoms in total. The fraction of sp³-hybridized carbons (Fsp3) is 0.571. The maximum atomic E-state index is 8.75. The van der Waals surface area contributed by atoms with E-state index in [-0.39, 0.29) is 6.61 Å². The largest absolute Gasteiger partial charge is 0.394 e. The lowest BCUT2D eigenvalue weighted by molar-refractivity contribution is 0.268. The van der Waals surface area contributed by atoms with E-state index in [0.717, 1.165) is 17.1 Å². The van der Waals surface area contributed by atoms with Crippen molar-refractivity contribution >= 4 is 17.6 Å². The monoisotopic (exact) mass is 185 g/mol. The molecule has 0 unspecified atom stereocenters. The number of nitrogen functional groups attached to an aromatic ring is 1. The average molecular weight is 185 g/mol. The normalized spacial score (nSPS) is 15.1. The number of aromatic nitrogens is 2. The number of hydrogen-bond acceptors (Lipinski definition) is 4. The Morgan fingerprint density at radius 1 is 1.58 bits per heavy atom. The molecule has 0 spiro atoms. The Kier molecular flexibility index (Phi) is 1.98. The lowest BCUT2D eigenvalue weighted by atomic mass is 10.3. The molecule has 0 amide bonds. The standard InChI is InChI=1S/C7H11N3OS/c8-7-5-3-12-4-6(5)10(9-7)1-2-11/h11H,1-4H2,(H2,8,9). The molecule has 0 atom stereocenters. The summed E-state index contributed by atoms with van der Waals surface area (Å²) in [4.78, 5) is 0. The van der Waals surface area contributed by atoms with Crippen LogP contribution >= 0.6 is 11.8 Å². The number of nitrogens with zero attached hydrogens (tertiary/aromatic N) is 2. The summed E-state index contributed by atoms with van der Waals surface area (Å²) in [6, 6.07) is 0. The van der Waals surface area contributed by atoms with Crippen LogP contribution < -0.4 is 5.73 Å². The van der Waals surface area contributed by atoms with E-state index in [2.05, 4.69) is 5.10 Å². The third kappa shape index (κ3) is 1.09. The molecular weight excluding hydrogens is 174 g/mol. The van der Waals surface area contributed by atoms with Crippen LogP contribution in [-0.4, -0.2) is 21.5 Å². The highest BCUT2D eigenvalue weighted by molar-refractivity contribution is 7.98. The zero-order valence-corrected chi connectivity index (χ0v) is 7.47. The smallest absolute Gasteiger partial charge is 0.149 e. The second-order valence-electron chi connectivity index (χ2n) is 2.75. The summed E-state index contributed by atoms with van der Waals surface area (Å²) in [5.41, 5.74) is 8.04. The van der Waals surface area contributed by atoms with Crippen LogP contribution in [0, 0.1) is 0 Å². The number of aliphatic hydroxyl groups excluding tert-OH is 1. The summed E-state index contributed by atoms with van der Waals surface area (Å²) in [6.45, 7) is 0.679. The van der Waals surface area contributed by atoms with Gasteiger partial charge in [-0.1, -0.05) is 0 Å². The molecule has 0 radical (unpaired) electrons. The minimum absolute atomic E-state index is 0.123. The minimum Gasteiger partial charge on any atom is -0.394 e. The van der Waals surface area contributed by atoms with Gasteiger partial charge in [-0.05, 0) is 0 Å². The van der Waals surface area contributed by atoms with E-state index in [9.17, 15) is 0 Å². The van der Waals surface area contributed by atoms with E-state index in [1.165, 1.54) is 5.69 Å². The van der Waals surface area contributed by atoms with Crippen LogP contribution in [0.4, 0.5) is 5.82 Å². The summed E-state index contributed by atoms with van der Waals surface area (Å²) in [5.74, 6) is 2.56. The molecular formula is C7H11N3OS. The van der Waals surface area contributed by atoms with Gasteiger partial charge in [-0.15, -0.1) is 0 Å². The van der Waals surface area contributed by atoms with Gasteiger partial charge in [-0.2, -0.15) is 16.9 Å². The molecule has 0 fully saturated rings. The highest BCUT2D eigenvalue weighted by Gasteiger charge is 2.20. The van der Waals surface area contributed by atoms with Gasteiger partial charge in [0.25, 0.3) is 0 Å². The SMILES string of the molecule is Nc1nn(CCO)c2c1CSC2. The van der Waals surface area contributed by atoms with Crippen LogP contribution in [0.5, 0.6) is 0 Å². The third-order valence-corrected chi connectivity index (χ3v) is 2.96. The Morgan fingerprint density at radius 3 is 3.17 bits per heavy atom. The summed E-state index contributed by atoms with van der Waals surface area (Å²) in [6.07, 6.45) is 0. The average Bonchev–Trinajstić information content (AvgIpc) is 2.58. The molecule has 3 N–H and O–H groups in total. The Labute approximate surface area is 74.7 Å². The molecule has 0 aromatic carbocycles. The molecule has 66 valence electrons. The molecule has 12 heavy (non-hydrogen) atoms. The minimum atomic E-state index is 0.123. The van der Waals surface area contributed by atoms with Gasteiger partial charge in [0.05, 0.1) is 18.8 Å². The van der Waals surface area contributed by atoms with Crippen LogP contribution in [0.2, 0.25) is 0 Å². The third-order valence-electron chi connectivity index (χ3n) is 1.99. The highest BCUT2D eigenvalue weighted by Crippen LogP contribution is 2.33. The first kappa shape index (κ1) is 7.94. The zero-order valence-electron chi connectivity index (χ0n) is 6.66. The van der Waals surface area contributed by atoms with Crippen LogP contribution in [0.3, 0.4) is 0 Å². The molecule has 0 saturated heterocycles. The first-order chi connectivity index (χ1) is 5.83. The van der Waals surface area contributed by atoms with Crippen molar-refractivity contribution in [2.75, 3.05) is 12.3 Å². The molecule has 1 aromatic heterocycles. The van der Waals surface area contributed by atoms with Gasteiger partial charge in [0, 0.05) is 17.1 Å². The van der Waals surface area contributed by atoms with Gasteiger partial charge >= 0.3 is 0 Å². The van der Waals surface area contributed by atoms with Gasteiger partial charge in [-0.25, -0.2) is 0 Å². The van der Waals surface area contributed by atoms with Crippen LogP contribution in [0.15, 0.2) is 0 Å². The number of nitrogens with two attached hydrogens (primary N) is 1. The van der Waals surface area contributed by atoms with Crippen molar-refractivity contribution in [3.8, 4) is 0 Å².